The molecule has 1 heterocycles. The molecule has 0 spiro atoms. The van der Waals surface area contributed by atoms with Gasteiger partial charge in [-0.05, 0) is 6.07 Å². The molecule has 0 bridgehead atoms. The van der Waals surface area contributed by atoms with Crippen LogP contribution in [0.4, 0.5) is 17.6 Å². The maximum Gasteiger partial charge on any atom is 0.265 e. The number of hydrogen-bond donors (Lipinski definition) is 0. The second-order valence-corrected chi connectivity index (χ2v) is 2.50. The standard InChI is InChI=1S/C7H4ClF4N/c8-2-5-3(6(10)11)1-4(9)7(12)13-5/h1,6H,2H2. The summed E-state index contributed by atoms with van der Waals surface area (Å²) in [4.78, 5) is 2.96. The van der Waals surface area contributed by atoms with Gasteiger partial charge in [0, 0.05) is 5.56 Å². The molecule has 0 radical (unpaired) electrons. The third kappa shape index (κ3) is 2.09. The van der Waals surface area contributed by atoms with Crippen molar-refractivity contribution in [2.45, 2.75) is 12.3 Å². The third-order valence-electron chi connectivity index (χ3n) is 1.41. The third-order valence-corrected chi connectivity index (χ3v) is 1.66. The maximum atomic E-state index is 12.4. The maximum absolute atomic E-state index is 12.4. The van der Waals surface area contributed by atoms with E-state index >= 15 is 0 Å². The molecule has 0 saturated carbocycles. The van der Waals surface area contributed by atoms with Crippen LogP contribution in [-0.4, -0.2) is 4.98 Å². The van der Waals surface area contributed by atoms with Crippen molar-refractivity contribution in [3.8, 4) is 0 Å². The highest BCUT2D eigenvalue weighted by Crippen LogP contribution is 2.24. The molecule has 0 fully saturated rings. The van der Waals surface area contributed by atoms with Gasteiger partial charge in [0.25, 0.3) is 6.43 Å². The van der Waals surface area contributed by atoms with Crippen molar-refractivity contribution in [1.29, 1.82) is 0 Å². The first-order chi connectivity index (χ1) is 6.06. The van der Waals surface area contributed by atoms with Crippen molar-refractivity contribution >= 4 is 11.6 Å². The Morgan fingerprint density at radius 3 is 2.46 bits per heavy atom. The fourth-order valence-electron chi connectivity index (χ4n) is 0.812. The van der Waals surface area contributed by atoms with Gasteiger partial charge >= 0.3 is 0 Å². The molecule has 0 aromatic carbocycles. The first-order valence-electron chi connectivity index (χ1n) is 3.25. The van der Waals surface area contributed by atoms with Crippen LogP contribution in [-0.2, 0) is 5.88 Å². The van der Waals surface area contributed by atoms with Crippen LogP contribution in [0.2, 0.25) is 0 Å². The summed E-state index contributed by atoms with van der Waals surface area (Å²) >= 11 is 5.22. The van der Waals surface area contributed by atoms with Gasteiger partial charge in [-0.15, -0.1) is 11.6 Å². The molecule has 1 rings (SSSR count). The molecule has 0 amide bonds. The number of alkyl halides is 3. The topological polar surface area (TPSA) is 12.9 Å². The van der Waals surface area contributed by atoms with Crippen LogP contribution in [0.25, 0.3) is 0 Å². The number of nitrogens with zero attached hydrogens (tertiary/aromatic N) is 1. The van der Waals surface area contributed by atoms with E-state index in [1.165, 1.54) is 0 Å². The van der Waals surface area contributed by atoms with Crippen molar-refractivity contribution in [3.63, 3.8) is 0 Å². The molecule has 0 aliphatic rings. The highest BCUT2D eigenvalue weighted by molar-refractivity contribution is 6.17. The second kappa shape index (κ2) is 3.91. The minimum atomic E-state index is -2.91. The Morgan fingerprint density at radius 2 is 2.00 bits per heavy atom. The molecular formula is C7H4ClF4N. The second-order valence-electron chi connectivity index (χ2n) is 2.23. The van der Waals surface area contributed by atoms with E-state index in [2.05, 4.69) is 4.98 Å². The molecule has 6 heteroatoms. The molecule has 13 heavy (non-hydrogen) atoms. The molecule has 1 aromatic heterocycles. The van der Waals surface area contributed by atoms with Crippen molar-refractivity contribution in [2.75, 3.05) is 0 Å². The van der Waals surface area contributed by atoms with E-state index in [1.807, 2.05) is 0 Å². The molecule has 72 valence electrons. The fourth-order valence-corrected chi connectivity index (χ4v) is 1.03. The number of pyridine rings is 1. The lowest BCUT2D eigenvalue weighted by molar-refractivity contribution is 0.149. The quantitative estimate of drug-likeness (QED) is 0.418. The highest BCUT2D eigenvalue weighted by atomic mass is 35.5. The van der Waals surface area contributed by atoms with Crippen molar-refractivity contribution in [3.05, 3.63) is 29.1 Å². The molecule has 1 aromatic rings. The predicted octanol–water partition coefficient (Wildman–Crippen LogP) is 3.04. The molecule has 0 unspecified atom stereocenters. The molecule has 0 aliphatic carbocycles. The molecule has 0 atom stereocenters. The number of halogens is 5. The van der Waals surface area contributed by atoms with Crippen molar-refractivity contribution in [2.24, 2.45) is 0 Å². The van der Waals surface area contributed by atoms with E-state index in [-0.39, 0.29) is 11.6 Å². The van der Waals surface area contributed by atoms with E-state index in [0.717, 1.165) is 0 Å². The fraction of sp³-hybridized carbons (Fsp3) is 0.286. The summed E-state index contributed by atoms with van der Waals surface area (Å²) in [5.41, 5.74) is -1.01. The zero-order chi connectivity index (χ0) is 10.0. The van der Waals surface area contributed by atoms with Gasteiger partial charge in [-0.2, -0.15) is 4.39 Å². The normalized spacial score (nSPS) is 10.9. The van der Waals surface area contributed by atoms with Gasteiger partial charge in [0.15, 0.2) is 5.82 Å². The van der Waals surface area contributed by atoms with Crippen molar-refractivity contribution < 1.29 is 17.6 Å². The molecular weight excluding hydrogens is 210 g/mol. The Labute approximate surface area is 76.3 Å². The minimum Gasteiger partial charge on any atom is -0.220 e. The van der Waals surface area contributed by atoms with Crippen LogP contribution in [0.1, 0.15) is 17.7 Å². The average Bonchev–Trinajstić information content (AvgIpc) is 2.08. The van der Waals surface area contributed by atoms with E-state index in [1.54, 1.807) is 0 Å². The summed E-state index contributed by atoms with van der Waals surface area (Å²) < 4.78 is 49.1. The van der Waals surface area contributed by atoms with Crippen LogP contribution in [0.15, 0.2) is 6.07 Å². The minimum absolute atomic E-state index is 0.337. The number of hydrogen-bond acceptors (Lipinski definition) is 1. The number of aromatic nitrogens is 1. The zero-order valence-electron chi connectivity index (χ0n) is 6.20. The van der Waals surface area contributed by atoms with E-state index < -0.39 is 23.8 Å². The molecule has 0 aliphatic heterocycles. The first-order valence-corrected chi connectivity index (χ1v) is 3.78. The summed E-state index contributed by atoms with van der Waals surface area (Å²) in [7, 11) is 0. The number of rotatable bonds is 2. The smallest absolute Gasteiger partial charge is 0.220 e. The van der Waals surface area contributed by atoms with Crippen LogP contribution >= 0.6 is 11.6 Å². The summed E-state index contributed by atoms with van der Waals surface area (Å²) in [6.07, 6.45) is -2.91. The van der Waals surface area contributed by atoms with Gasteiger partial charge < -0.3 is 0 Å². The van der Waals surface area contributed by atoms with E-state index in [4.69, 9.17) is 11.6 Å². The van der Waals surface area contributed by atoms with Gasteiger partial charge in [-0.1, -0.05) is 0 Å². The Balaban J connectivity index is 3.25. The predicted molar refractivity (Wildman–Crippen MR) is 38.7 cm³/mol. The zero-order valence-corrected chi connectivity index (χ0v) is 6.95. The SMILES string of the molecule is Fc1cc(C(F)F)c(CCl)nc1F. The summed E-state index contributed by atoms with van der Waals surface area (Å²) in [6, 6.07) is 0.407. The average molecular weight is 214 g/mol. The van der Waals surface area contributed by atoms with E-state index in [0.29, 0.717) is 6.07 Å². The molecule has 0 N–H and O–H groups in total. The van der Waals surface area contributed by atoms with Gasteiger partial charge in [0.1, 0.15) is 0 Å². The monoisotopic (exact) mass is 213 g/mol. The molecule has 0 saturated heterocycles. The van der Waals surface area contributed by atoms with Crippen LogP contribution < -0.4 is 0 Å². The molecule has 1 nitrogen and oxygen atoms in total. The summed E-state index contributed by atoms with van der Waals surface area (Å²) in [5.74, 6) is -3.19. The summed E-state index contributed by atoms with van der Waals surface area (Å²) in [5, 5.41) is 0. The first kappa shape index (κ1) is 10.2. The Kier molecular flexibility index (Phi) is 3.08. The van der Waals surface area contributed by atoms with Crippen LogP contribution in [0, 0.1) is 11.8 Å². The Hall–Kier alpha value is -0.840. The van der Waals surface area contributed by atoms with Gasteiger partial charge in [-0.25, -0.2) is 18.2 Å². The van der Waals surface area contributed by atoms with Gasteiger partial charge in [0.2, 0.25) is 5.95 Å². The van der Waals surface area contributed by atoms with Crippen LogP contribution in [0.3, 0.4) is 0 Å². The Morgan fingerprint density at radius 1 is 1.38 bits per heavy atom. The Bertz CT molecular complexity index is 316. The van der Waals surface area contributed by atoms with Gasteiger partial charge in [0.05, 0.1) is 11.6 Å². The van der Waals surface area contributed by atoms with Crippen molar-refractivity contribution in [1.82, 2.24) is 4.98 Å². The summed E-state index contributed by atoms with van der Waals surface area (Å²) in [6.45, 7) is 0. The largest absolute Gasteiger partial charge is 0.265 e. The lowest BCUT2D eigenvalue weighted by Crippen LogP contribution is -2.01. The lowest BCUT2D eigenvalue weighted by atomic mass is 10.2. The van der Waals surface area contributed by atoms with Crippen LogP contribution in [0.5, 0.6) is 0 Å². The highest BCUT2D eigenvalue weighted by Gasteiger charge is 2.17. The lowest BCUT2D eigenvalue weighted by Gasteiger charge is -2.05. The van der Waals surface area contributed by atoms with Gasteiger partial charge in [-0.3, -0.25) is 0 Å². The van der Waals surface area contributed by atoms with E-state index in [9.17, 15) is 17.6 Å².